The van der Waals surface area contributed by atoms with Gasteiger partial charge in [0.1, 0.15) is 12.6 Å². The highest BCUT2D eigenvalue weighted by Gasteiger charge is 2.41. The maximum Gasteiger partial charge on any atom is 0.364 e. The Kier molecular flexibility index (Phi) is 5.00. The Morgan fingerprint density at radius 1 is 1.54 bits per heavy atom. The number of rotatable bonds is 4. The number of carbonyl (C=O) groups excluding carboxylic acids is 1. The topological polar surface area (TPSA) is 81.9 Å². The van der Waals surface area contributed by atoms with Crippen LogP contribution in [0, 0.1) is 4.84 Å². The molecule has 0 spiro atoms. The van der Waals surface area contributed by atoms with Gasteiger partial charge >= 0.3 is 5.97 Å². The maximum atomic E-state index is 11.9. The molecule has 2 heterocycles. The van der Waals surface area contributed by atoms with Gasteiger partial charge in [-0.15, -0.1) is 5.10 Å². The summed E-state index contributed by atoms with van der Waals surface area (Å²) in [6, 6.07) is 6.62. The second-order valence-electron chi connectivity index (χ2n) is 5.67. The lowest BCUT2D eigenvalue weighted by Crippen LogP contribution is -3.14. The van der Waals surface area contributed by atoms with Crippen LogP contribution in [0.25, 0.3) is 11.5 Å². The van der Waals surface area contributed by atoms with Gasteiger partial charge in [-0.2, -0.15) is 4.68 Å². The van der Waals surface area contributed by atoms with Gasteiger partial charge < -0.3 is 19.2 Å². The molecule has 0 amide bonds. The average Bonchev–Trinajstić information content (AvgIpc) is 3.11. The molecule has 9 heteroatoms. The molecule has 7 nitrogen and oxygen atoms in total. The fraction of sp³-hybridized carbons (Fsp3) is 0.400. The van der Waals surface area contributed by atoms with Crippen molar-refractivity contribution in [3.05, 3.63) is 34.1 Å². The molecular weight excluding hydrogens is 354 g/mol. The predicted molar refractivity (Wildman–Crippen MR) is 88.0 cm³/mol. The minimum atomic E-state index is -0.555. The van der Waals surface area contributed by atoms with Gasteiger partial charge in [-0.05, 0) is 36.5 Å². The fourth-order valence-corrected chi connectivity index (χ4v) is 3.16. The zero-order chi connectivity index (χ0) is 17.3. The zero-order valence-electron chi connectivity index (χ0n) is 12.9. The number of aromatic nitrogens is 2. The first-order chi connectivity index (χ1) is 11.5. The number of carbonyl (C=O) groups is 1. The molecule has 0 bridgehead atoms. The van der Waals surface area contributed by atoms with Gasteiger partial charge in [-0.1, -0.05) is 11.6 Å². The number of quaternary nitrogens is 1. The molecule has 1 aliphatic rings. The summed E-state index contributed by atoms with van der Waals surface area (Å²) in [7, 11) is 1.34. The van der Waals surface area contributed by atoms with Crippen LogP contribution in [0.15, 0.2) is 28.7 Å². The molecule has 0 aliphatic carbocycles. The van der Waals surface area contributed by atoms with Crippen molar-refractivity contribution in [1.29, 1.82) is 0 Å². The summed E-state index contributed by atoms with van der Waals surface area (Å²) in [5.74, 6) is 0.0277. The number of aliphatic hydroxyl groups is 1. The predicted octanol–water partition coefficient (Wildman–Crippen LogP) is 0.675. The van der Waals surface area contributed by atoms with Gasteiger partial charge in [0, 0.05) is 17.0 Å². The summed E-state index contributed by atoms with van der Waals surface area (Å²) in [4.78, 5) is 12.9. The van der Waals surface area contributed by atoms with Gasteiger partial charge in [-0.25, -0.2) is 4.79 Å². The van der Waals surface area contributed by atoms with Crippen LogP contribution in [0.4, 0.5) is 0 Å². The lowest BCUT2D eigenvalue weighted by Gasteiger charge is -2.18. The first kappa shape index (κ1) is 17.1. The van der Waals surface area contributed by atoms with E-state index in [-0.39, 0.29) is 10.8 Å². The molecule has 1 saturated heterocycles. The number of nitrogens with one attached hydrogen (secondary N) is 1. The third-order valence-electron chi connectivity index (χ3n) is 4.03. The normalized spacial score (nSPS) is 23.4. The van der Waals surface area contributed by atoms with Crippen molar-refractivity contribution in [2.24, 2.45) is 0 Å². The molecule has 1 fully saturated rings. The minimum absolute atomic E-state index is 0.206. The summed E-state index contributed by atoms with van der Waals surface area (Å²) in [6.45, 7) is 0.734. The third kappa shape index (κ3) is 3.51. The summed E-state index contributed by atoms with van der Waals surface area (Å²) >= 11 is 11.1. The molecule has 2 N–H and O–H groups in total. The van der Waals surface area contributed by atoms with Crippen molar-refractivity contribution in [3.63, 3.8) is 0 Å². The standard InChI is InChI=1S/C15H16ClN3O4S/c1-22-14(21)12-6-11(20)7-18(12)8-19-15(24)23-13(17-19)9-2-4-10(16)5-3-9/h2-5,11-12,20H,6-8H2,1H3/p+1/t11-,12+/m1/s1. The highest BCUT2D eigenvalue weighted by molar-refractivity contribution is 7.71. The van der Waals surface area contributed by atoms with Crippen LogP contribution in [0.1, 0.15) is 6.42 Å². The number of likely N-dealkylation sites (tertiary alicyclic amines) is 1. The first-order valence-electron chi connectivity index (χ1n) is 7.42. The van der Waals surface area contributed by atoms with E-state index in [1.54, 1.807) is 24.3 Å². The SMILES string of the molecule is COC(=O)[C@@H]1C[C@@H](O)C[NH+]1Cn1nc(-c2ccc(Cl)cc2)oc1=S. The first-order valence-corrected chi connectivity index (χ1v) is 8.21. The molecule has 1 unspecified atom stereocenters. The number of esters is 1. The summed E-state index contributed by atoms with van der Waals surface area (Å²) in [6.07, 6.45) is -0.196. The van der Waals surface area contributed by atoms with E-state index < -0.39 is 12.1 Å². The van der Waals surface area contributed by atoms with Crippen LogP contribution in [0.2, 0.25) is 5.02 Å². The van der Waals surface area contributed by atoms with E-state index in [2.05, 4.69) is 5.10 Å². The molecule has 1 aromatic carbocycles. The number of hydrogen-bond acceptors (Lipinski definition) is 6. The Balaban J connectivity index is 1.81. The molecule has 1 aromatic heterocycles. The van der Waals surface area contributed by atoms with Crippen LogP contribution < -0.4 is 4.90 Å². The smallest absolute Gasteiger partial charge is 0.364 e. The van der Waals surface area contributed by atoms with Crippen molar-refractivity contribution in [3.8, 4) is 11.5 Å². The minimum Gasteiger partial charge on any atom is -0.465 e. The van der Waals surface area contributed by atoms with E-state index in [4.69, 9.17) is 33.0 Å². The van der Waals surface area contributed by atoms with Crippen molar-refractivity contribution < 1.29 is 24.0 Å². The van der Waals surface area contributed by atoms with Gasteiger partial charge in [0.05, 0.1) is 7.11 Å². The Hall–Kier alpha value is -1.74. The molecule has 2 aromatic rings. The van der Waals surface area contributed by atoms with Crippen LogP contribution in [0.3, 0.4) is 0 Å². The molecule has 0 saturated carbocycles. The van der Waals surface area contributed by atoms with Crippen LogP contribution in [-0.4, -0.2) is 46.7 Å². The Bertz CT molecular complexity index is 789. The van der Waals surface area contributed by atoms with E-state index in [0.29, 0.717) is 30.5 Å². The van der Waals surface area contributed by atoms with Crippen molar-refractivity contribution in [1.82, 2.24) is 9.78 Å². The summed E-state index contributed by atoms with van der Waals surface area (Å²) in [5, 5.41) is 14.8. The van der Waals surface area contributed by atoms with Gasteiger partial charge in [-0.3, -0.25) is 0 Å². The Labute approximate surface area is 148 Å². The van der Waals surface area contributed by atoms with Gasteiger partial charge in [0.15, 0.2) is 12.7 Å². The lowest BCUT2D eigenvalue weighted by atomic mass is 10.2. The Morgan fingerprint density at radius 3 is 2.92 bits per heavy atom. The highest BCUT2D eigenvalue weighted by atomic mass is 35.5. The van der Waals surface area contributed by atoms with E-state index in [9.17, 15) is 9.90 Å². The van der Waals surface area contributed by atoms with Crippen molar-refractivity contribution in [2.45, 2.75) is 25.2 Å². The number of nitrogens with zero attached hydrogens (tertiary/aromatic N) is 2. The number of benzene rings is 1. The number of methoxy groups -OCH3 is 1. The van der Waals surface area contributed by atoms with E-state index in [0.717, 1.165) is 10.5 Å². The molecule has 1 aliphatic heterocycles. The average molecular weight is 371 g/mol. The molecule has 24 heavy (non-hydrogen) atoms. The van der Waals surface area contributed by atoms with Gasteiger partial charge in [0.2, 0.25) is 5.89 Å². The van der Waals surface area contributed by atoms with Crippen LogP contribution >= 0.6 is 23.8 Å². The molecule has 3 rings (SSSR count). The molecule has 128 valence electrons. The molecular formula is C15H17ClN3O4S+. The Morgan fingerprint density at radius 2 is 2.25 bits per heavy atom. The van der Waals surface area contributed by atoms with E-state index >= 15 is 0 Å². The van der Waals surface area contributed by atoms with E-state index in [1.165, 1.54) is 11.8 Å². The number of halogens is 1. The zero-order valence-corrected chi connectivity index (χ0v) is 14.5. The highest BCUT2D eigenvalue weighted by Crippen LogP contribution is 2.20. The fourth-order valence-electron chi connectivity index (χ4n) is 2.85. The van der Waals surface area contributed by atoms with E-state index in [1.807, 2.05) is 0 Å². The number of hydrogen-bond donors (Lipinski definition) is 2. The second kappa shape index (κ2) is 7.02. The van der Waals surface area contributed by atoms with Crippen LogP contribution in [0.5, 0.6) is 0 Å². The summed E-state index contributed by atoms with van der Waals surface area (Å²) < 4.78 is 11.9. The lowest BCUT2D eigenvalue weighted by molar-refractivity contribution is -0.928. The molecule has 0 radical (unpaired) electrons. The quantitative estimate of drug-likeness (QED) is 0.608. The number of ether oxygens (including phenoxy) is 1. The largest absolute Gasteiger partial charge is 0.465 e. The van der Waals surface area contributed by atoms with Crippen molar-refractivity contribution >= 4 is 29.8 Å². The monoisotopic (exact) mass is 370 g/mol. The van der Waals surface area contributed by atoms with Crippen molar-refractivity contribution in [2.75, 3.05) is 13.7 Å². The molecule has 3 atom stereocenters. The van der Waals surface area contributed by atoms with Gasteiger partial charge in [0.25, 0.3) is 4.84 Å². The third-order valence-corrected chi connectivity index (χ3v) is 4.58. The van der Waals surface area contributed by atoms with Crippen LogP contribution in [-0.2, 0) is 16.2 Å². The maximum absolute atomic E-state index is 11.9. The number of aliphatic hydroxyl groups excluding tert-OH is 1. The second-order valence-corrected chi connectivity index (χ2v) is 6.45. The summed E-state index contributed by atoms with van der Waals surface area (Å²) in [5.41, 5.74) is 0.755.